The molecule has 9 heteroatoms. The van der Waals surface area contributed by atoms with E-state index in [0.717, 1.165) is 12.7 Å². The van der Waals surface area contributed by atoms with E-state index >= 15 is 0 Å². The molecule has 1 aromatic heterocycles. The Morgan fingerprint density at radius 2 is 1.79 bits per heavy atom. The number of hydrogen-bond donors (Lipinski definition) is 1. The number of ether oxygens (including phenoxy) is 2. The summed E-state index contributed by atoms with van der Waals surface area (Å²) in [6.45, 7) is 0.0462. The van der Waals surface area contributed by atoms with Gasteiger partial charge in [0.05, 0.1) is 17.8 Å². The number of rotatable bonds is 4. The van der Waals surface area contributed by atoms with Gasteiger partial charge in [-0.2, -0.15) is 0 Å². The fraction of sp³-hybridized carbons (Fsp3) is 0.133. The minimum absolute atomic E-state index is 0.0462. The van der Waals surface area contributed by atoms with Crippen LogP contribution in [0, 0.1) is 0 Å². The highest BCUT2D eigenvalue weighted by atomic mass is 35.5. The number of benzene rings is 1. The number of aromatic nitrogens is 1. The van der Waals surface area contributed by atoms with Gasteiger partial charge in [0.15, 0.2) is 10.8 Å². The summed E-state index contributed by atoms with van der Waals surface area (Å²) in [4.78, 5) is 27.3. The minimum Gasteiger partial charge on any atom is -0.464 e. The van der Waals surface area contributed by atoms with Gasteiger partial charge in [0.25, 0.3) is 0 Å². The number of amides is 1. The zero-order chi connectivity index (χ0) is 17.7. The molecule has 0 fully saturated rings. The van der Waals surface area contributed by atoms with Gasteiger partial charge in [-0.15, -0.1) is 0 Å². The van der Waals surface area contributed by atoms with E-state index in [1.54, 1.807) is 12.1 Å². The molecular formula is C15H11Cl3N2O4. The second-order valence-corrected chi connectivity index (χ2v) is 5.55. The molecule has 1 aromatic carbocycles. The Hall–Kier alpha value is -2.02. The molecule has 1 heterocycles. The molecule has 0 saturated carbocycles. The van der Waals surface area contributed by atoms with Crippen molar-refractivity contribution < 1.29 is 19.1 Å². The Morgan fingerprint density at radius 1 is 1.12 bits per heavy atom. The van der Waals surface area contributed by atoms with Crippen molar-refractivity contribution in [1.82, 2.24) is 4.98 Å². The number of nitrogens with one attached hydrogen (secondary N) is 1. The molecule has 0 saturated heterocycles. The molecule has 2 rings (SSSR count). The van der Waals surface area contributed by atoms with Gasteiger partial charge in [-0.25, -0.2) is 14.6 Å². The molecule has 0 radical (unpaired) electrons. The number of halogens is 3. The highest BCUT2D eigenvalue weighted by Gasteiger charge is 2.23. The van der Waals surface area contributed by atoms with Gasteiger partial charge in [0, 0.05) is 0 Å². The molecule has 1 amide bonds. The number of methoxy groups -OCH3 is 1. The molecule has 2 aromatic rings. The first-order valence-electron chi connectivity index (χ1n) is 6.54. The summed E-state index contributed by atoms with van der Waals surface area (Å²) in [7, 11) is 1.16. The third-order valence-electron chi connectivity index (χ3n) is 2.86. The van der Waals surface area contributed by atoms with Gasteiger partial charge < -0.3 is 9.47 Å². The quantitative estimate of drug-likeness (QED) is 0.612. The maximum atomic E-state index is 11.9. The number of carbonyl (C=O) groups excluding carboxylic acids is 2. The van der Waals surface area contributed by atoms with Crippen LogP contribution in [0.25, 0.3) is 0 Å². The average molecular weight is 390 g/mol. The van der Waals surface area contributed by atoms with Gasteiger partial charge in [0.1, 0.15) is 11.6 Å². The third kappa shape index (κ3) is 4.29. The summed E-state index contributed by atoms with van der Waals surface area (Å²) in [6.07, 6.45) is -0.819. The molecule has 0 aliphatic rings. The summed E-state index contributed by atoms with van der Waals surface area (Å²) in [5.41, 5.74) is 0.441. The maximum Gasteiger partial charge on any atom is 0.412 e. The highest BCUT2D eigenvalue weighted by Crippen LogP contribution is 2.37. The van der Waals surface area contributed by atoms with E-state index in [0.29, 0.717) is 0 Å². The molecule has 0 bridgehead atoms. The maximum absolute atomic E-state index is 11.9. The van der Waals surface area contributed by atoms with E-state index in [4.69, 9.17) is 39.5 Å². The second kappa shape index (κ2) is 8.19. The third-order valence-corrected chi connectivity index (χ3v) is 3.96. The first-order chi connectivity index (χ1) is 11.4. The van der Waals surface area contributed by atoms with Gasteiger partial charge >= 0.3 is 12.1 Å². The zero-order valence-corrected chi connectivity index (χ0v) is 14.6. The van der Waals surface area contributed by atoms with Crippen molar-refractivity contribution in [2.75, 3.05) is 12.4 Å². The van der Waals surface area contributed by atoms with Crippen LogP contribution in [0.1, 0.15) is 16.1 Å². The van der Waals surface area contributed by atoms with Crippen LogP contribution in [0.4, 0.5) is 10.5 Å². The van der Waals surface area contributed by atoms with E-state index in [1.807, 2.05) is 18.2 Å². The summed E-state index contributed by atoms with van der Waals surface area (Å²) < 4.78 is 9.61. The number of anilines is 1. The number of pyridine rings is 1. The largest absolute Gasteiger partial charge is 0.464 e. The van der Waals surface area contributed by atoms with E-state index < -0.39 is 12.1 Å². The first kappa shape index (κ1) is 18.3. The standard InChI is InChI=1S/C15H11Cl3N2O4/c1-23-14(21)12-9(16)11(10(17)13(18)19-12)20-15(22)24-7-8-5-3-2-4-6-8/h2-6H,7H2,1H3,(H,19,20,22). The lowest BCUT2D eigenvalue weighted by Crippen LogP contribution is -2.16. The van der Waals surface area contributed by atoms with Gasteiger partial charge in [0.2, 0.25) is 0 Å². The normalized spacial score (nSPS) is 10.2. The van der Waals surface area contributed by atoms with Gasteiger partial charge in [-0.3, -0.25) is 5.32 Å². The number of esters is 1. The van der Waals surface area contributed by atoms with Crippen LogP contribution >= 0.6 is 34.8 Å². The van der Waals surface area contributed by atoms with Crippen LogP contribution in [-0.2, 0) is 16.1 Å². The van der Waals surface area contributed by atoms with E-state index in [-0.39, 0.29) is 33.2 Å². The van der Waals surface area contributed by atoms with Crippen molar-refractivity contribution in [3.8, 4) is 0 Å². The first-order valence-corrected chi connectivity index (χ1v) is 7.68. The summed E-state index contributed by atoms with van der Waals surface area (Å²) in [5, 5.41) is 1.82. The summed E-state index contributed by atoms with van der Waals surface area (Å²) in [6, 6.07) is 9.07. The molecule has 24 heavy (non-hydrogen) atoms. The number of nitrogens with zero attached hydrogens (tertiary/aromatic N) is 1. The van der Waals surface area contributed by atoms with Crippen molar-refractivity contribution in [2.24, 2.45) is 0 Å². The molecule has 0 aliphatic carbocycles. The van der Waals surface area contributed by atoms with Gasteiger partial charge in [-0.05, 0) is 5.56 Å². The lowest BCUT2D eigenvalue weighted by atomic mass is 10.2. The molecule has 0 atom stereocenters. The topological polar surface area (TPSA) is 77.5 Å². The van der Waals surface area contributed by atoms with E-state index in [1.165, 1.54) is 0 Å². The molecule has 1 N–H and O–H groups in total. The monoisotopic (exact) mass is 388 g/mol. The number of carbonyl (C=O) groups is 2. The lowest BCUT2D eigenvalue weighted by Gasteiger charge is -2.12. The molecule has 126 valence electrons. The van der Waals surface area contributed by atoms with E-state index in [9.17, 15) is 9.59 Å². The Labute approximate surface area is 152 Å². The predicted octanol–water partition coefficient (Wildman–Crippen LogP) is 4.58. The Morgan fingerprint density at radius 3 is 2.42 bits per heavy atom. The molecule has 0 spiro atoms. The van der Waals surface area contributed by atoms with Crippen LogP contribution in [0.15, 0.2) is 30.3 Å². The smallest absolute Gasteiger partial charge is 0.412 e. The van der Waals surface area contributed by atoms with Crippen molar-refractivity contribution >= 4 is 52.6 Å². The van der Waals surface area contributed by atoms with Crippen molar-refractivity contribution in [3.05, 3.63) is 56.8 Å². The fourth-order valence-corrected chi connectivity index (χ4v) is 2.39. The average Bonchev–Trinajstić information content (AvgIpc) is 2.60. The molecule has 0 aliphatic heterocycles. The highest BCUT2D eigenvalue weighted by molar-refractivity contribution is 6.46. The Kier molecular flexibility index (Phi) is 6.25. The van der Waals surface area contributed by atoms with Crippen molar-refractivity contribution in [2.45, 2.75) is 6.61 Å². The van der Waals surface area contributed by atoms with Crippen molar-refractivity contribution in [1.29, 1.82) is 0 Å². The van der Waals surface area contributed by atoms with Crippen LogP contribution < -0.4 is 5.32 Å². The van der Waals surface area contributed by atoms with Crippen LogP contribution in [-0.4, -0.2) is 24.2 Å². The molecule has 0 unspecified atom stereocenters. The van der Waals surface area contributed by atoms with Crippen LogP contribution in [0.2, 0.25) is 15.2 Å². The summed E-state index contributed by atoms with van der Waals surface area (Å²) >= 11 is 17.9. The zero-order valence-electron chi connectivity index (χ0n) is 12.3. The molecule has 6 nitrogen and oxygen atoms in total. The fourth-order valence-electron chi connectivity index (χ4n) is 1.72. The van der Waals surface area contributed by atoms with Crippen molar-refractivity contribution in [3.63, 3.8) is 0 Å². The summed E-state index contributed by atoms with van der Waals surface area (Å²) in [5.74, 6) is -0.820. The Bertz CT molecular complexity index is 769. The van der Waals surface area contributed by atoms with E-state index in [2.05, 4.69) is 15.0 Å². The molecular weight excluding hydrogens is 379 g/mol. The number of hydrogen-bond acceptors (Lipinski definition) is 5. The lowest BCUT2D eigenvalue weighted by molar-refractivity contribution is 0.0594. The van der Waals surface area contributed by atoms with Gasteiger partial charge in [-0.1, -0.05) is 65.1 Å². The van der Waals surface area contributed by atoms with Crippen LogP contribution in [0.3, 0.4) is 0 Å². The SMILES string of the molecule is COC(=O)c1nc(Cl)c(Cl)c(NC(=O)OCc2ccccc2)c1Cl. The second-order valence-electron chi connectivity index (χ2n) is 4.43. The predicted molar refractivity (Wildman–Crippen MR) is 90.9 cm³/mol. The van der Waals surface area contributed by atoms with Crippen LogP contribution in [0.5, 0.6) is 0 Å². The Balaban J connectivity index is 2.17. The minimum atomic E-state index is -0.820.